The molecule has 96 heavy (non-hydrogen) atoms. The number of aromatic hydroxyl groups is 1. The minimum absolute atomic E-state index is 0.0486. The van der Waals surface area contributed by atoms with E-state index in [1.54, 1.807) is 74.5 Å². The second kappa shape index (κ2) is 27.3. The molecule has 0 spiro atoms. The van der Waals surface area contributed by atoms with E-state index < -0.39 is 86.7 Å². The van der Waals surface area contributed by atoms with E-state index in [4.69, 9.17) is 18.9 Å². The maximum absolute atomic E-state index is 15.0. The van der Waals surface area contributed by atoms with E-state index in [9.17, 15) is 67.0 Å². The van der Waals surface area contributed by atoms with Crippen molar-refractivity contribution in [1.29, 1.82) is 0 Å². The van der Waals surface area contributed by atoms with E-state index in [2.05, 4.69) is 36.9 Å². The first-order valence-corrected chi connectivity index (χ1v) is 34.0. The van der Waals surface area contributed by atoms with Crippen molar-refractivity contribution in [3.05, 3.63) is 268 Å². The van der Waals surface area contributed by atoms with Crippen LogP contribution in [0.25, 0.3) is 0 Å². The van der Waals surface area contributed by atoms with E-state index in [-0.39, 0.29) is 57.0 Å². The average molecular weight is 1380 g/mol. The molecule has 0 radical (unpaired) electrons. The lowest BCUT2D eigenvalue weighted by Gasteiger charge is -2.48. The van der Waals surface area contributed by atoms with Crippen LogP contribution in [0.2, 0.25) is 0 Å². The summed E-state index contributed by atoms with van der Waals surface area (Å²) in [6.45, 7) is 13.7. The van der Waals surface area contributed by atoms with Crippen LogP contribution in [0.1, 0.15) is 133 Å². The van der Waals surface area contributed by atoms with Crippen molar-refractivity contribution in [2.75, 3.05) is 6.16 Å². The summed E-state index contributed by atoms with van der Waals surface area (Å²) < 4.78 is 183. The van der Waals surface area contributed by atoms with Gasteiger partial charge in [-0.05, 0) is 189 Å². The molecular weight excluding hydrogens is 1310 g/mol. The molecule has 9 rings (SSSR count). The Bertz CT molecular complexity index is 4490. The normalized spacial score (nSPS) is 13.8. The van der Waals surface area contributed by atoms with Crippen molar-refractivity contribution in [3.63, 3.8) is 0 Å². The zero-order valence-electron chi connectivity index (χ0n) is 53.1. The third kappa shape index (κ3) is 14.3. The molecule has 22 heteroatoms. The molecule has 0 amide bonds. The number of benzene rings is 9. The van der Waals surface area contributed by atoms with Gasteiger partial charge in [-0.3, -0.25) is 18.7 Å². The number of alkyl halides is 6. The largest absolute Gasteiger partial charge is 0.508 e. The van der Waals surface area contributed by atoms with Crippen LogP contribution in [0.3, 0.4) is 0 Å². The SMILES string of the molecule is CCC(CC)(Oc1ccc(C(C)(c2ccc(O)cc2)c2ccc(Oc3ccc(C(=O)c4cccc(S(=O)(=O)O)c4)cc3S(=O)(=O)O)cc2)cc1)C(C)(CC)c1ccc(C(=O)c2ccc(Oc3ccc(C(c4ccc(OC(C)(C)CP)cc4)(C(F)(F)F)C(F)(F)F)cc3)cc2)cc1. The van der Waals surface area contributed by atoms with Gasteiger partial charge >= 0.3 is 12.4 Å². The standard InChI is InChI=1S/C74H69F6O13PS2/c1-8-69(6,51-19-14-47(15-20-51)66(82)48-16-33-58(34-17-48)90-59-37-27-55(28-38-59)72(73(75,76)77,74(78,79)80)56-29-41-61(42-30-56)92-68(4,5)46-94)71(9-2,10-3)93-62-39-25-54(26-40-62)70(7,52-21-31-57(81)32-22-52)53-23-35-60(36-24-53)91-64-43-18-50(45-65(64)96(87,88)89)67(83)49-12-11-13-63(44-49)95(84,85)86/h11-45,81H,8-10,46,94H2,1-7H3,(H,84,85,86)(H,87,88,89). The van der Waals surface area contributed by atoms with E-state index in [1.165, 1.54) is 48.5 Å². The Morgan fingerprint density at radius 2 is 0.823 bits per heavy atom. The minimum atomic E-state index is -5.81. The molecule has 3 N–H and O–H groups in total. The third-order valence-corrected chi connectivity index (χ3v) is 20.7. The Kier molecular flexibility index (Phi) is 20.3. The molecule has 0 fully saturated rings. The molecule has 0 aliphatic rings. The molecule has 9 aromatic rings. The Morgan fingerprint density at radius 3 is 1.26 bits per heavy atom. The Labute approximate surface area is 555 Å². The van der Waals surface area contributed by atoms with E-state index >= 15 is 0 Å². The summed E-state index contributed by atoms with van der Waals surface area (Å²) in [5, 5.41) is 10.3. The van der Waals surface area contributed by atoms with Gasteiger partial charge in [0.05, 0.1) is 4.90 Å². The van der Waals surface area contributed by atoms with Gasteiger partial charge in [0.15, 0.2) is 11.6 Å². The third-order valence-electron chi connectivity index (χ3n) is 18.0. The van der Waals surface area contributed by atoms with Crippen LogP contribution >= 0.6 is 9.24 Å². The fourth-order valence-electron chi connectivity index (χ4n) is 12.2. The molecular formula is C74H69F6O13PS2. The number of phenols is 1. The van der Waals surface area contributed by atoms with Gasteiger partial charge in [0.25, 0.3) is 20.2 Å². The monoisotopic (exact) mass is 1370 g/mol. The minimum Gasteiger partial charge on any atom is -0.508 e. The van der Waals surface area contributed by atoms with Gasteiger partial charge < -0.3 is 24.1 Å². The van der Waals surface area contributed by atoms with Crippen molar-refractivity contribution in [1.82, 2.24) is 0 Å². The fraction of sp³-hybridized carbons (Fsp3) is 0.243. The predicted molar refractivity (Wildman–Crippen MR) is 356 cm³/mol. The Hall–Kier alpha value is -8.85. The molecule has 0 saturated heterocycles. The van der Waals surface area contributed by atoms with Crippen molar-refractivity contribution in [2.45, 2.75) is 117 Å². The number of phenolic OH excluding ortho intramolecular Hbond substituents is 1. The first-order valence-electron chi connectivity index (χ1n) is 30.3. The number of ether oxygens (including phenoxy) is 4. The molecule has 3 unspecified atom stereocenters. The summed E-state index contributed by atoms with van der Waals surface area (Å²) >= 11 is 0. The van der Waals surface area contributed by atoms with E-state index in [1.807, 2.05) is 43.3 Å². The number of rotatable bonds is 25. The van der Waals surface area contributed by atoms with Crippen molar-refractivity contribution >= 4 is 41.0 Å². The lowest BCUT2D eigenvalue weighted by atomic mass is 9.64. The highest BCUT2D eigenvalue weighted by atomic mass is 32.2. The van der Waals surface area contributed by atoms with Crippen molar-refractivity contribution < 1.29 is 85.9 Å². The van der Waals surface area contributed by atoms with Crippen LogP contribution < -0.4 is 18.9 Å². The summed E-state index contributed by atoms with van der Waals surface area (Å²) in [4.78, 5) is 26.1. The fourth-order valence-corrected chi connectivity index (χ4v) is 13.4. The number of carbonyl (C=O) groups is 2. The first-order chi connectivity index (χ1) is 45.1. The van der Waals surface area contributed by atoms with Gasteiger partial charge in [-0.25, -0.2) is 0 Å². The van der Waals surface area contributed by atoms with Gasteiger partial charge in [0.2, 0.25) is 5.41 Å². The Morgan fingerprint density at radius 1 is 0.438 bits per heavy atom. The molecule has 502 valence electrons. The summed E-state index contributed by atoms with van der Waals surface area (Å²) in [5.41, 5.74) is -6.00. The number of carbonyl (C=O) groups excluding carboxylic acids is 2. The van der Waals surface area contributed by atoms with Gasteiger partial charge in [-0.15, -0.1) is 9.24 Å². The smallest absolute Gasteiger partial charge is 0.411 e. The van der Waals surface area contributed by atoms with E-state index in [0.717, 1.165) is 89.0 Å². The predicted octanol–water partition coefficient (Wildman–Crippen LogP) is 18.0. The van der Waals surface area contributed by atoms with Crippen LogP contribution in [0, 0.1) is 0 Å². The molecule has 0 bridgehead atoms. The second-order valence-corrected chi connectivity index (χ2v) is 27.4. The van der Waals surface area contributed by atoms with Crippen LogP contribution in [-0.2, 0) is 36.5 Å². The highest BCUT2D eigenvalue weighted by molar-refractivity contribution is 7.86. The summed E-state index contributed by atoms with van der Waals surface area (Å²) in [7, 11) is -7.19. The van der Waals surface area contributed by atoms with Crippen molar-refractivity contribution in [3.8, 4) is 40.2 Å². The van der Waals surface area contributed by atoms with E-state index in [0.29, 0.717) is 36.7 Å². The molecule has 0 aliphatic heterocycles. The topological polar surface area (TPSA) is 200 Å². The highest BCUT2D eigenvalue weighted by Crippen LogP contribution is 2.57. The van der Waals surface area contributed by atoms with Crippen LogP contribution in [0.15, 0.2) is 222 Å². The van der Waals surface area contributed by atoms with Gasteiger partial charge in [0.1, 0.15) is 56.3 Å². The van der Waals surface area contributed by atoms with Gasteiger partial charge in [-0.2, -0.15) is 43.2 Å². The van der Waals surface area contributed by atoms with Gasteiger partial charge in [0, 0.05) is 39.2 Å². The number of halogens is 6. The number of hydrogen-bond donors (Lipinski definition) is 3. The van der Waals surface area contributed by atoms with Gasteiger partial charge in [-0.1, -0.05) is 125 Å². The highest BCUT2D eigenvalue weighted by Gasteiger charge is 2.72. The second-order valence-electron chi connectivity index (χ2n) is 24.2. The molecule has 0 aliphatic carbocycles. The molecule has 0 saturated carbocycles. The lowest BCUT2D eigenvalue weighted by molar-refractivity contribution is -0.288. The van der Waals surface area contributed by atoms with Crippen molar-refractivity contribution in [2.24, 2.45) is 0 Å². The number of hydrogen-bond acceptors (Lipinski definition) is 11. The maximum Gasteiger partial charge on any atom is 0.411 e. The van der Waals surface area contributed by atoms with Crippen LogP contribution in [0.5, 0.6) is 40.2 Å². The lowest BCUT2D eigenvalue weighted by Crippen LogP contribution is -2.54. The quantitative estimate of drug-likeness (QED) is 0.0161. The summed E-state index contributed by atoms with van der Waals surface area (Å²) in [6, 6.07) is 49.5. The number of ketones is 2. The zero-order valence-corrected chi connectivity index (χ0v) is 55.9. The van der Waals surface area contributed by atoms with Crippen LogP contribution in [0.4, 0.5) is 26.3 Å². The first kappa shape index (κ1) is 71.4. The van der Waals surface area contributed by atoms with Crippen LogP contribution in [-0.4, -0.2) is 72.3 Å². The molecule has 9 aromatic carbocycles. The molecule has 0 aromatic heterocycles. The average Bonchev–Trinajstić information content (AvgIpc) is 0.719. The molecule has 13 nitrogen and oxygen atoms in total. The Balaban J connectivity index is 0.905. The molecule has 0 heterocycles. The zero-order chi connectivity index (χ0) is 70.0. The summed E-state index contributed by atoms with van der Waals surface area (Å²) in [6.07, 6.45) is -9.36. The summed E-state index contributed by atoms with van der Waals surface area (Å²) in [5.74, 6) is -0.435. The maximum atomic E-state index is 15.0. The molecule has 3 atom stereocenters.